The Morgan fingerprint density at radius 1 is 1.55 bits per heavy atom. The lowest BCUT2D eigenvalue weighted by atomic mass is 10.2. The number of hydrogen-bond donors (Lipinski definition) is 2. The molecule has 0 bridgehead atoms. The zero-order valence-corrected chi connectivity index (χ0v) is 13.5. The van der Waals surface area contributed by atoms with Crippen LogP contribution >= 0.6 is 11.3 Å². The normalized spacial score (nSPS) is 18.1. The summed E-state index contributed by atoms with van der Waals surface area (Å²) < 4.78 is 1.02. The van der Waals surface area contributed by atoms with Crippen LogP contribution < -0.4 is 10.2 Å². The van der Waals surface area contributed by atoms with Gasteiger partial charge in [0.1, 0.15) is 0 Å². The predicted molar refractivity (Wildman–Crippen MR) is 89.7 cm³/mol. The van der Waals surface area contributed by atoms with Crippen molar-refractivity contribution in [3.8, 4) is 0 Å². The van der Waals surface area contributed by atoms with Crippen LogP contribution in [-0.2, 0) is 0 Å². The lowest BCUT2D eigenvalue weighted by molar-refractivity contribution is 0.0954. The summed E-state index contributed by atoms with van der Waals surface area (Å²) in [5.74, 6) is -0.0342. The highest BCUT2D eigenvalue weighted by Gasteiger charge is 2.26. The summed E-state index contributed by atoms with van der Waals surface area (Å²) in [6, 6.07) is 5.81. The van der Waals surface area contributed by atoms with Crippen LogP contribution in [0.2, 0.25) is 0 Å². The quantitative estimate of drug-likeness (QED) is 0.888. The van der Waals surface area contributed by atoms with Gasteiger partial charge >= 0.3 is 0 Å². The Bertz CT molecular complexity index is 670. The van der Waals surface area contributed by atoms with E-state index in [1.807, 2.05) is 25.1 Å². The zero-order chi connectivity index (χ0) is 15.5. The summed E-state index contributed by atoms with van der Waals surface area (Å²) in [7, 11) is 0. The Balaban J connectivity index is 1.85. The molecule has 1 fully saturated rings. The van der Waals surface area contributed by atoms with Crippen LogP contribution in [0, 0.1) is 0 Å². The third-order valence-electron chi connectivity index (χ3n) is 4.01. The lowest BCUT2D eigenvalue weighted by Crippen LogP contribution is -2.31. The van der Waals surface area contributed by atoms with Crippen molar-refractivity contribution in [1.29, 1.82) is 0 Å². The van der Waals surface area contributed by atoms with Gasteiger partial charge in [0.05, 0.1) is 22.9 Å². The number of aliphatic hydroxyl groups excluding tert-OH is 1. The van der Waals surface area contributed by atoms with E-state index >= 15 is 0 Å². The van der Waals surface area contributed by atoms with E-state index in [0.717, 1.165) is 41.2 Å². The number of aliphatic hydroxyl groups is 1. The zero-order valence-electron chi connectivity index (χ0n) is 12.7. The maximum Gasteiger partial charge on any atom is 0.251 e. The molecule has 0 aliphatic carbocycles. The summed E-state index contributed by atoms with van der Waals surface area (Å²) in [6.45, 7) is 3.83. The van der Waals surface area contributed by atoms with E-state index in [1.165, 1.54) is 0 Å². The first-order valence-electron chi connectivity index (χ1n) is 7.79. The van der Waals surface area contributed by atoms with E-state index in [2.05, 4.69) is 15.2 Å². The van der Waals surface area contributed by atoms with Crippen LogP contribution in [0.3, 0.4) is 0 Å². The molecule has 1 aromatic heterocycles. The number of anilines is 1. The molecule has 1 atom stereocenters. The second-order valence-electron chi connectivity index (χ2n) is 5.61. The Labute approximate surface area is 134 Å². The molecule has 2 N–H and O–H groups in total. The number of carbonyl (C=O) groups is 1. The monoisotopic (exact) mass is 319 g/mol. The summed E-state index contributed by atoms with van der Waals surface area (Å²) in [6.07, 6.45) is 3.03. The van der Waals surface area contributed by atoms with Gasteiger partial charge in [-0.3, -0.25) is 4.79 Å². The van der Waals surface area contributed by atoms with E-state index in [-0.39, 0.29) is 18.6 Å². The van der Waals surface area contributed by atoms with Crippen LogP contribution in [-0.4, -0.2) is 41.7 Å². The fraction of sp³-hybridized carbons (Fsp3) is 0.500. The first-order chi connectivity index (χ1) is 10.7. The van der Waals surface area contributed by atoms with Crippen molar-refractivity contribution in [1.82, 2.24) is 10.3 Å². The first kappa shape index (κ1) is 15.2. The third kappa shape index (κ3) is 2.94. The molecule has 3 rings (SSSR count). The van der Waals surface area contributed by atoms with Crippen molar-refractivity contribution in [3.05, 3.63) is 23.8 Å². The summed E-state index contributed by atoms with van der Waals surface area (Å²) >= 11 is 1.59. The molecule has 1 aliphatic heterocycles. The Hall–Kier alpha value is -1.66. The fourth-order valence-corrected chi connectivity index (χ4v) is 3.90. The number of nitrogens with one attached hydrogen (secondary N) is 1. The molecular weight excluding hydrogens is 298 g/mol. The SMILES string of the molecule is CCCNC(=O)c1ccc2nc(N3CCCC3CO)sc2c1. The molecule has 1 amide bonds. The van der Waals surface area contributed by atoms with Gasteiger partial charge in [0.25, 0.3) is 5.91 Å². The van der Waals surface area contributed by atoms with E-state index in [1.54, 1.807) is 11.3 Å². The van der Waals surface area contributed by atoms with E-state index < -0.39 is 0 Å². The predicted octanol–water partition coefficient (Wildman–Crippen LogP) is 2.40. The van der Waals surface area contributed by atoms with E-state index in [0.29, 0.717) is 12.1 Å². The highest BCUT2D eigenvalue weighted by Crippen LogP contribution is 2.33. The van der Waals surface area contributed by atoms with Crippen molar-refractivity contribution >= 4 is 32.6 Å². The first-order valence-corrected chi connectivity index (χ1v) is 8.61. The van der Waals surface area contributed by atoms with Gasteiger partial charge in [-0.1, -0.05) is 18.3 Å². The lowest BCUT2D eigenvalue weighted by Gasteiger charge is -2.21. The van der Waals surface area contributed by atoms with Crippen LogP contribution in [0.15, 0.2) is 18.2 Å². The van der Waals surface area contributed by atoms with Gasteiger partial charge in [-0.25, -0.2) is 4.98 Å². The van der Waals surface area contributed by atoms with Crippen molar-refractivity contribution in [2.24, 2.45) is 0 Å². The minimum absolute atomic E-state index is 0.0342. The maximum atomic E-state index is 12.0. The highest BCUT2D eigenvalue weighted by molar-refractivity contribution is 7.22. The third-order valence-corrected chi connectivity index (χ3v) is 5.06. The number of amides is 1. The van der Waals surface area contributed by atoms with Gasteiger partial charge in [0.15, 0.2) is 5.13 Å². The van der Waals surface area contributed by atoms with Gasteiger partial charge in [0, 0.05) is 18.7 Å². The largest absolute Gasteiger partial charge is 0.394 e. The maximum absolute atomic E-state index is 12.0. The number of benzene rings is 1. The summed E-state index contributed by atoms with van der Waals surface area (Å²) in [4.78, 5) is 18.9. The smallest absolute Gasteiger partial charge is 0.251 e. The minimum Gasteiger partial charge on any atom is -0.394 e. The van der Waals surface area contributed by atoms with Crippen molar-refractivity contribution in [3.63, 3.8) is 0 Å². The standard InChI is InChI=1S/C16H21N3O2S/c1-2-7-17-15(21)11-5-6-13-14(9-11)22-16(18-13)19-8-3-4-12(19)10-20/h5-6,9,12,20H,2-4,7-8,10H2,1H3,(H,17,21). The topological polar surface area (TPSA) is 65.5 Å². The van der Waals surface area contributed by atoms with Crippen molar-refractivity contribution in [2.45, 2.75) is 32.2 Å². The molecule has 2 aromatic rings. The number of nitrogens with zero attached hydrogens (tertiary/aromatic N) is 2. The number of thiazole rings is 1. The molecular formula is C16H21N3O2S. The molecule has 5 nitrogen and oxygen atoms in total. The van der Waals surface area contributed by atoms with Crippen LogP contribution in [0.1, 0.15) is 36.5 Å². The Morgan fingerprint density at radius 2 is 2.41 bits per heavy atom. The van der Waals surface area contributed by atoms with Crippen molar-refractivity contribution < 1.29 is 9.90 Å². The molecule has 0 saturated carbocycles. The highest BCUT2D eigenvalue weighted by atomic mass is 32.1. The van der Waals surface area contributed by atoms with Gasteiger partial charge in [0.2, 0.25) is 0 Å². The van der Waals surface area contributed by atoms with Crippen LogP contribution in [0.4, 0.5) is 5.13 Å². The summed E-state index contributed by atoms with van der Waals surface area (Å²) in [5.41, 5.74) is 1.59. The summed E-state index contributed by atoms with van der Waals surface area (Å²) in [5, 5.41) is 13.3. The Kier molecular flexibility index (Phi) is 4.59. The van der Waals surface area contributed by atoms with Crippen LogP contribution in [0.25, 0.3) is 10.2 Å². The van der Waals surface area contributed by atoms with Crippen LogP contribution in [0.5, 0.6) is 0 Å². The molecule has 1 aromatic carbocycles. The number of aromatic nitrogens is 1. The van der Waals surface area contributed by atoms with Gasteiger partial charge < -0.3 is 15.3 Å². The average Bonchev–Trinajstić information content (AvgIpc) is 3.16. The number of hydrogen-bond acceptors (Lipinski definition) is 5. The second-order valence-corrected chi connectivity index (χ2v) is 6.62. The molecule has 1 saturated heterocycles. The second kappa shape index (κ2) is 6.62. The Morgan fingerprint density at radius 3 is 3.18 bits per heavy atom. The number of rotatable bonds is 5. The van der Waals surface area contributed by atoms with Gasteiger partial charge in [-0.15, -0.1) is 0 Å². The minimum atomic E-state index is -0.0342. The molecule has 118 valence electrons. The van der Waals surface area contributed by atoms with E-state index in [9.17, 15) is 9.90 Å². The average molecular weight is 319 g/mol. The van der Waals surface area contributed by atoms with Gasteiger partial charge in [-0.2, -0.15) is 0 Å². The number of carbonyl (C=O) groups excluding carboxylic acids is 1. The van der Waals surface area contributed by atoms with Gasteiger partial charge in [-0.05, 0) is 37.5 Å². The molecule has 0 radical (unpaired) electrons. The molecule has 2 heterocycles. The molecule has 22 heavy (non-hydrogen) atoms. The van der Waals surface area contributed by atoms with E-state index in [4.69, 9.17) is 0 Å². The number of fused-ring (bicyclic) bond motifs is 1. The molecule has 1 aliphatic rings. The molecule has 6 heteroatoms. The van der Waals surface area contributed by atoms with Crippen molar-refractivity contribution in [2.75, 3.05) is 24.6 Å². The fourth-order valence-electron chi connectivity index (χ4n) is 2.79. The molecule has 0 spiro atoms. The molecule has 1 unspecified atom stereocenters.